The molecule has 2 aromatic rings. The molecule has 1 aromatic carbocycles. The van der Waals surface area contributed by atoms with Gasteiger partial charge in [-0.25, -0.2) is 4.79 Å². The molecule has 0 bridgehead atoms. The predicted molar refractivity (Wildman–Crippen MR) is 116 cm³/mol. The quantitative estimate of drug-likeness (QED) is 0.829. The number of rotatable bonds is 3. The lowest BCUT2D eigenvalue weighted by molar-refractivity contribution is 0.208. The van der Waals surface area contributed by atoms with E-state index in [1.807, 2.05) is 17.0 Å². The molecule has 4 rings (SSSR count). The van der Waals surface area contributed by atoms with Crippen molar-refractivity contribution in [1.29, 1.82) is 0 Å². The summed E-state index contributed by atoms with van der Waals surface area (Å²) in [5.41, 5.74) is 0.743. The van der Waals surface area contributed by atoms with Crippen LogP contribution in [0.4, 0.5) is 22.1 Å². The second-order valence-electron chi connectivity index (χ2n) is 7.45. The van der Waals surface area contributed by atoms with Crippen molar-refractivity contribution in [1.82, 2.24) is 20.0 Å². The molecule has 2 fully saturated rings. The number of carbonyl (C=O) groups excluding carboxylic acids is 1. The lowest BCUT2D eigenvalue weighted by Gasteiger charge is -2.35. The van der Waals surface area contributed by atoms with E-state index in [1.165, 1.54) is 0 Å². The maximum Gasteiger partial charge on any atom is 0.321 e. The first-order valence-electron chi connectivity index (χ1n) is 9.92. The van der Waals surface area contributed by atoms with Crippen LogP contribution >= 0.6 is 11.6 Å². The summed E-state index contributed by atoms with van der Waals surface area (Å²) in [6, 6.07) is 11.1. The molecule has 2 aliphatic heterocycles. The van der Waals surface area contributed by atoms with Crippen molar-refractivity contribution in [2.45, 2.75) is 0 Å². The van der Waals surface area contributed by atoms with Crippen molar-refractivity contribution >= 4 is 35.0 Å². The van der Waals surface area contributed by atoms with E-state index in [-0.39, 0.29) is 6.03 Å². The largest absolute Gasteiger partial charge is 0.353 e. The lowest BCUT2D eigenvalue weighted by Crippen LogP contribution is -2.50. The second kappa shape index (κ2) is 8.84. The van der Waals surface area contributed by atoms with Gasteiger partial charge in [-0.2, -0.15) is 0 Å². The van der Waals surface area contributed by atoms with E-state index < -0.39 is 0 Å². The summed E-state index contributed by atoms with van der Waals surface area (Å²) in [5, 5.41) is 12.4. The van der Waals surface area contributed by atoms with Gasteiger partial charge in [-0.05, 0) is 43.4 Å². The third-order valence-corrected chi connectivity index (χ3v) is 5.70. The Bertz CT molecular complexity index is 814. The summed E-state index contributed by atoms with van der Waals surface area (Å²) in [5.74, 6) is 1.79. The van der Waals surface area contributed by atoms with Crippen LogP contribution in [0.25, 0.3) is 0 Å². The molecular weight excluding hydrogens is 390 g/mol. The normalized spacial score (nSPS) is 18.1. The maximum absolute atomic E-state index is 12.5. The minimum absolute atomic E-state index is 0.0940. The molecule has 29 heavy (non-hydrogen) atoms. The number of anilines is 3. The van der Waals surface area contributed by atoms with E-state index in [4.69, 9.17) is 11.6 Å². The van der Waals surface area contributed by atoms with Gasteiger partial charge in [0.2, 0.25) is 0 Å². The number of amides is 2. The average Bonchev–Trinajstić information content (AvgIpc) is 2.76. The highest BCUT2D eigenvalue weighted by Crippen LogP contribution is 2.18. The Morgan fingerprint density at radius 1 is 0.828 bits per heavy atom. The van der Waals surface area contributed by atoms with Crippen LogP contribution in [0, 0.1) is 0 Å². The Labute approximate surface area is 176 Å². The first-order chi connectivity index (χ1) is 14.1. The van der Waals surface area contributed by atoms with Crippen molar-refractivity contribution < 1.29 is 4.79 Å². The number of carbonyl (C=O) groups is 1. The monoisotopic (exact) mass is 415 g/mol. The van der Waals surface area contributed by atoms with Crippen LogP contribution in [0.5, 0.6) is 0 Å². The zero-order valence-corrected chi connectivity index (χ0v) is 17.3. The Morgan fingerprint density at radius 2 is 1.34 bits per heavy atom. The van der Waals surface area contributed by atoms with Crippen molar-refractivity contribution in [3.63, 3.8) is 0 Å². The summed E-state index contributed by atoms with van der Waals surface area (Å²) >= 11 is 5.89. The zero-order valence-electron chi connectivity index (χ0n) is 16.6. The van der Waals surface area contributed by atoms with Gasteiger partial charge < -0.3 is 24.9 Å². The van der Waals surface area contributed by atoms with Crippen LogP contribution in [-0.4, -0.2) is 85.4 Å². The number of likely N-dealkylation sites (N-methyl/N-ethyl adjacent to an activating group) is 1. The number of hydrogen-bond donors (Lipinski definition) is 1. The van der Waals surface area contributed by atoms with Gasteiger partial charge in [-0.15, -0.1) is 10.2 Å². The van der Waals surface area contributed by atoms with E-state index in [2.05, 4.69) is 37.3 Å². The van der Waals surface area contributed by atoms with Gasteiger partial charge in [-0.1, -0.05) is 11.6 Å². The second-order valence-corrected chi connectivity index (χ2v) is 7.89. The topological polar surface area (TPSA) is 67.8 Å². The first-order valence-corrected chi connectivity index (χ1v) is 10.3. The van der Waals surface area contributed by atoms with Gasteiger partial charge in [0, 0.05) is 63.1 Å². The van der Waals surface area contributed by atoms with Crippen LogP contribution in [0.15, 0.2) is 36.4 Å². The Balaban J connectivity index is 1.29. The first kappa shape index (κ1) is 19.7. The summed E-state index contributed by atoms with van der Waals surface area (Å²) in [7, 11) is 2.14. The summed E-state index contributed by atoms with van der Waals surface area (Å²) < 4.78 is 0. The molecule has 1 N–H and O–H groups in total. The SMILES string of the molecule is CN1CCN(c2ccc(N3CCN(C(=O)Nc4ccc(Cl)cc4)CC3)nn2)CC1. The molecule has 0 unspecified atom stereocenters. The fourth-order valence-corrected chi connectivity index (χ4v) is 3.69. The molecule has 2 amide bonds. The minimum atomic E-state index is -0.0940. The maximum atomic E-state index is 12.5. The fraction of sp³-hybridized carbons (Fsp3) is 0.450. The molecule has 2 aliphatic rings. The number of nitrogens with one attached hydrogen (secondary N) is 1. The van der Waals surface area contributed by atoms with Crippen molar-refractivity contribution in [3.05, 3.63) is 41.4 Å². The van der Waals surface area contributed by atoms with Crippen molar-refractivity contribution in [3.8, 4) is 0 Å². The molecule has 0 radical (unpaired) electrons. The predicted octanol–water partition coefficient (Wildman–Crippen LogP) is 2.24. The molecule has 154 valence electrons. The minimum Gasteiger partial charge on any atom is -0.353 e. The Morgan fingerprint density at radius 3 is 1.86 bits per heavy atom. The van der Waals surface area contributed by atoms with E-state index >= 15 is 0 Å². The Kier molecular flexibility index (Phi) is 6.01. The highest BCUT2D eigenvalue weighted by molar-refractivity contribution is 6.30. The molecule has 2 saturated heterocycles. The lowest BCUT2D eigenvalue weighted by atomic mass is 10.3. The number of piperazine rings is 2. The van der Waals surface area contributed by atoms with E-state index in [0.29, 0.717) is 18.1 Å². The van der Waals surface area contributed by atoms with Gasteiger partial charge >= 0.3 is 6.03 Å². The number of nitrogens with zero attached hydrogens (tertiary/aromatic N) is 6. The molecule has 0 spiro atoms. The van der Waals surface area contributed by atoms with Crippen molar-refractivity contribution in [2.24, 2.45) is 0 Å². The highest BCUT2D eigenvalue weighted by Gasteiger charge is 2.23. The van der Waals surface area contributed by atoms with E-state index in [9.17, 15) is 4.79 Å². The smallest absolute Gasteiger partial charge is 0.321 e. The number of halogens is 1. The van der Waals surface area contributed by atoms with E-state index in [1.54, 1.807) is 24.3 Å². The molecule has 8 nitrogen and oxygen atoms in total. The standard InChI is InChI=1S/C20H26ClN7O/c1-25-8-10-26(11-9-25)18-6-7-19(24-23-18)27-12-14-28(15-13-27)20(29)22-17-4-2-16(21)3-5-17/h2-7H,8-15H2,1H3,(H,22,29). The molecule has 0 atom stereocenters. The van der Waals surface area contributed by atoms with Crippen LogP contribution < -0.4 is 15.1 Å². The number of benzene rings is 1. The van der Waals surface area contributed by atoms with Gasteiger partial charge in [0.1, 0.15) is 0 Å². The fourth-order valence-electron chi connectivity index (χ4n) is 3.57. The summed E-state index contributed by atoms with van der Waals surface area (Å²) in [4.78, 5) is 21.0. The molecule has 0 saturated carbocycles. The molecular formula is C20H26ClN7O. The van der Waals surface area contributed by atoms with Gasteiger partial charge in [0.05, 0.1) is 0 Å². The third kappa shape index (κ3) is 4.89. The van der Waals surface area contributed by atoms with Gasteiger partial charge in [-0.3, -0.25) is 0 Å². The average molecular weight is 416 g/mol. The Hall–Kier alpha value is -2.58. The molecule has 3 heterocycles. The van der Waals surface area contributed by atoms with Crippen LogP contribution in [-0.2, 0) is 0 Å². The van der Waals surface area contributed by atoms with Crippen LogP contribution in [0.1, 0.15) is 0 Å². The van der Waals surface area contributed by atoms with Gasteiger partial charge in [0.15, 0.2) is 11.6 Å². The third-order valence-electron chi connectivity index (χ3n) is 5.45. The van der Waals surface area contributed by atoms with E-state index in [0.717, 1.165) is 56.6 Å². The van der Waals surface area contributed by atoms with Crippen LogP contribution in [0.3, 0.4) is 0 Å². The van der Waals surface area contributed by atoms with Crippen molar-refractivity contribution in [2.75, 3.05) is 74.5 Å². The highest BCUT2D eigenvalue weighted by atomic mass is 35.5. The van der Waals surface area contributed by atoms with Gasteiger partial charge in [0.25, 0.3) is 0 Å². The zero-order chi connectivity index (χ0) is 20.2. The number of urea groups is 1. The molecule has 0 aliphatic carbocycles. The summed E-state index contributed by atoms with van der Waals surface area (Å²) in [6.07, 6.45) is 0. The molecule has 9 heteroatoms. The number of aromatic nitrogens is 2. The number of hydrogen-bond acceptors (Lipinski definition) is 6. The summed E-state index contributed by atoms with van der Waals surface area (Å²) in [6.45, 7) is 6.79. The van der Waals surface area contributed by atoms with Crippen LogP contribution in [0.2, 0.25) is 5.02 Å². The molecule has 1 aromatic heterocycles.